The van der Waals surface area contributed by atoms with Crippen LogP contribution in [0.4, 0.5) is 10.1 Å². The Morgan fingerprint density at radius 3 is 2.75 bits per heavy atom. The fourth-order valence-corrected chi connectivity index (χ4v) is 3.23. The van der Waals surface area contributed by atoms with Gasteiger partial charge in [-0.25, -0.2) is 4.39 Å². The lowest BCUT2D eigenvalue weighted by Crippen LogP contribution is -2.37. The molecule has 2 N–H and O–H groups in total. The third-order valence-corrected chi connectivity index (χ3v) is 4.32. The highest BCUT2D eigenvalue weighted by molar-refractivity contribution is 5.55. The maximum absolute atomic E-state index is 14.0. The third kappa shape index (κ3) is 3.13. The highest BCUT2D eigenvalue weighted by Crippen LogP contribution is 2.28. The molecule has 0 radical (unpaired) electrons. The molecule has 1 aromatic rings. The number of hydrogen-bond acceptors (Lipinski definition) is 3. The molecule has 1 aromatic carbocycles. The Labute approximate surface area is 121 Å². The van der Waals surface area contributed by atoms with Crippen molar-refractivity contribution in [2.24, 2.45) is 5.73 Å². The summed E-state index contributed by atoms with van der Waals surface area (Å²) in [5.41, 5.74) is 7.43. The molecule has 0 spiro atoms. The number of rotatable bonds is 6. The van der Waals surface area contributed by atoms with Crippen LogP contribution in [-0.4, -0.2) is 43.7 Å². The number of nitrogens with two attached hydrogens (primary N) is 1. The molecule has 0 saturated carbocycles. The molecule has 1 fully saturated rings. The predicted octanol–water partition coefficient (Wildman–Crippen LogP) is 2.25. The molecule has 1 atom stereocenters. The van der Waals surface area contributed by atoms with Gasteiger partial charge in [-0.1, -0.05) is 19.9 Å². The molecule has 20 heavy (non-hydrogen) atoms. The quantitative estimate of drug-likeness (QED) is 0.867. The van der Waals surface area contributed by atoms with E-state index in [4.69, 9.17) is 5.73 Å². The van der Waals surface area contributed by atoms with E-state index in [0.717, 1.165) is 43.9 Å². The lowest BCUT2D eigenvalue weighted by Gasteiger charge is -2.27. The van der Waals surface area contributed by atoms with Crippen LogP contribution in [0.15, 0.2) is 18.2 Å². The van der Waals surface area contributed by atoms with Gasteiger partial charge in [0, 0.05) is 30.4 Å². The first-order valence-corrected chi connectivity index (χ1v) is 7.67. The summed E-state index contributed by atoms with van der Waals surface area (Å²) in [7, 11) is 0. The SMILES string of the molecule is CCN(CC)C1CCN(c2cccc(F)c2CCN)C1. The minimum absolute atomic E-state index is 0.126. The molecule has 4 heteroatoms. The van der Waals surface area contributed by atoms with Crippen molar-refractivity contribution in [3.05, 3.63) is 29.6 Å². The van der Waals surface area contributed by atoms with Crippen LogP contribution in [0.2, 0.25) is 0 Å². The fraction of sp³-hybridized carbons (Fsp3) is 0.625. The van der Waals surface area contributed by atoms with Gasteiger partial charge in [-0.15, -0.1) is 0 Å². The Kier molecular flexibility index (Phi) is 5.38. The normalized spacial score (nSPS) is 19.1. The van der Waals surface area contributed by atoms with Crippen molar-refractivity contribution >= 4 is 5.69 Å². The van der Waals surface area contributed by atoms with E-state index < -0.39 is 0 Å². The van der Waals surface area contributed by atoms with Crippen LogP contribution in [0.3, 0.4) is 0 Å². The van der Waals surface area contributed by atoms with Crippen molar-refractivity contribution in [2.75, 3.05) is 37.6 Å². The molecule has 0 aliphatic carbocycles. The van der Waals surface area contributed by atoms with E-state index in [9.17, 15) is 4.39 Å². The van der Waals surface area contributed by atoms with Crippen molar-refractivity contribution in [3.8, 4) is 0 Å². The monoisotopic (exact) mass is 279 g/mol. The number of halogens is 1. The molecule has 2 rings (SSSR count). The lowest BCUT2D eigenvalue weighted by molar-refractivity contribution is 0.232. The van der Waals surface area contributed by atoms with Gasteiger partial charge in [0.2, 0.25) is 0 Å². The fourth-order valence-electron chi connectivity index (χ4n) is 3.23. The molecule has 0 amide bonds. The highest BCUT2D eigenvalue weighted by atomic mass is 19.1. The van der Waals surface area contributed by atoms with Crippen LogP contribution < -0.4 is 10.6 Å². The van der Waals surface area contributed by atoms with E-state index in [1.807, 2.05) is 6.07 Å². The summed E-state index contributed by atoms with van der Waals surface area (Å²) in [5, 5.41) is 0. The number of benzene rings is 1. The Balaban J connectivity index is 2.15. The maximum Gasteiger partial charge on any atom is 0.128 e. The van der Waals surface area contributed by atoms with Crippen LogP contribution in [-0.2, 0) is 6.42 Å². The molecule has 1 aliphatic heterocycles. The van der Waals surface area contributed by atoms with Crippen molar-refractivity contribution in [2.45, 2.75) is 32.7 Å². The molecule has 1 heterocycles. The van der Waals surface area contributed by atoms with Crippen LogP contribution in [0, 0.1) is 5.82 Å². The van der Waals surface area contributed by atoms with Gasteiger partial charge >= 0.3 is 0 Å². The zero-order valence-corrected chi connectivity index (χ0v) is 12.6. The van der Waals surface area contributed by atoms with E-state index in [1.54, 1.807) is 6.07 Å². The smallest absolute Gasteiger partial charge is 0.128 e. The Bertz CT molecular complexity index is 432. The topological polar surface area (TPSA) is 32.5 Å². The average Bonchev–Trinajstić information content (AvgIpc) is 2.92. The summed E-state index contributed by atoms with van der Waals surface area (Å²) < 4.78 is 14.0. The Morgan fingerprint density at radius 2 is 2.10 bits per heavy atom. The zero-order valence-electron chi connectivity index (χ0n) is 12.6. The van der Waals surface area contributed by atoms with Crippen LogP contribution in [0.5, 0.6) is 0 Å². The molecule has 1 unspecified atom stereocenters. The first kappa shape index (κ1) is 15.3. The number of likely N-dealkylation sites (N-methyl/N-ethyl adjacent to an activating group) is 1. The first-order chi connectivity index (χ1) is 9.71. The molecular formula is C16H26FN3. The van der Waals surface area contributed by atoms with E-state index in [-0.39, 0.29) is 5.82 Å². The van der Waals surface area contributed by atoms with E-state index in [0.29, 0.717) is 19.0 Å². The van der Waals surface area contributed by atoms with Gasteiger partial charge in [0.1, 0.15) is 5.82 Å². The standard InChI is InChI=1S/C16H26FN3/c1-3-19(4-2)13-9-11-20(12-13)16-7-5-6-15(17)14(16)8-10-18/h5-7,13H,3-4,8-12,18H2,1-2H3. The second kappa shape index (κ2) is 7.04. The molecule has 1 aliphatic rings. The van der Waals surface area contributed by atoms with E-state index in [2.05, 4.69) is 23.6 Å². The number of nitrogens with zero attached hydrogens (tertiary/aromatic N) is 2. The summed E-state index contributed by atoms with van der Waals surface area (Å²) in [6.45, 7) is 9.04. The van der Waals surface area contributed by atoms with Gasteiger partial charge < -0.3 is 10.6 Å². The number of hydrogen-bond donors (Lipinski definition) is 1. The summed E-state index contributed by atoms with van der Waals surface area (Å²) in [6.07, 6.45) is 1.76. The second-order valence-corrected chi connectivity index (χ2v) is 5.39. The van der Waals surface area contributed by atoms with E-state index in [1.165, 1.54) is 6.07 Å². The average molecular weight is 279 g/mol. The Morgan fingerprint density at radius 1 is 1.35 bits per heavy atom. The van der Waals surface area contributed by atoms with Gasteiger partial charge in [-0.3, -0.25) is 4.90 Å². The lowest BCUT2D eigenvalue weighted by atomic mass is 10.1. The van der Waals surface area contributed by atoms with Gasteiger partial charge in [-0.05, 0) is 44.6 Å². The minimum Gasteiger partial charge on any atom is -0.370 e. The van der Waals surface area contributed by atoms with Crippen LogP contribution in [0.1, 0.15) is 25.8 Å². The first-order valence-electron chi connectivity index (χ1n) is 7.67. The van der Waals surface area contributed by atoms with Crippen molar-refractivity contribution in [1.82, 2.24) is 4.90 Å². The zero-order chi connectivity index (χ0) is 14.5. The minimum atomic E-state index is -0.126. The molecule has 0 bridgehead atoms. The van der Waals surface area contributed by atoms with Crippen molar-refractivity contribution in [3.63, 3.8) is 0 Å². The van der Waals surface area contributed by atoms with Gasteiger partial charge in [-0.2, -0.15) is 0 Å². The summed E-state index contributed by atoms with van der Waals surface area (Å²) >= 11 is 0. The number of anilines is 1. The third-order valence-electron chi connectivity index (χ3n) is 4.32. The maximum atomic E-state index is 14.0. The molecule has 1 saturated heterocycles. The van der Waals surface area contributed by atoms with Gasteiger partial charge in [0.25, 0.3) is 0 Å². The summed E-state index contributed by atoms with van der Waals surface area (Å²) in [6, 6.07) is 5.94. The van der Waals surface area contributed by atoms with Crippen molar-refractivity contribution < 1.29 is 4.39 Å². The van der Waals surface area contributed by atoms with Crippen molar-refractivity contribution in [1.29, 1.82) is 0 Å². The molecule has 3 nitrogen and oxygen atoms in total. The summed E-state index contributed by atoms with van der Waals surface area (Å²) in [4.78, 5) is 4.80. The highest BCUT2D eigenvalue weighted by Gasteiger charge is 2.27. The largest absolute Gasteiger partial charge is 0.370 e. The molecular weight excluding hydrogens is 253 g/mol. The van der Waals surface area contributed by atoms with Gasteiger partial charge in [0.15, 0.2) is 0 Å². The summed E-state index contributed by atoms with van der Waals surface area (Å²) in [5.74, 6) is -0.126. The van der Waals surface area contributed by atoms with Crippen LogP contribution in [0.25, 0.3) is 0 Å². The molecule has 0 aromatic heterocycles. The van der Waals surface area contributed by atoms with Gasteiger partial charge in [0.05, 0.1) is 0 Å². The molecule has 112 valence electrons. The van der Waals surface area contributed by atoms with E-state index >= 15 is 0 Å². The second-order valence-electron chi connectivity index (χ2n) is 5.39. The predicted molar refractivity (Wildman–Crippen MR) is 82.7 cm³/mol. The Hall–Kier alpha value is -1.13. The van der Waals surface area contributed by atoms with Crippen LogP contribution >= 0.6 is 0 Å².